The lowest BCUT2D eigenvalue weighted by Gasteiger charge is -2.32. The van der Waals surface area contributed by atoms with E-state index < -0.39 is 123 Å². The second kappa shape index (κ2) is 49.6. The number of nitrogens with one attached hydrogen (secondary N) is 2. The van der Waals surface area contributed by atoms with Crippen LogP contribution in [0.4, 0.5) is 0 Å². The van der Waals surface area contributed by atoms with Gasteiger partial charge in [-0.3, -0.25) is 47.9 Å². The van der Waals surface area contributed by atoms with E-state index in [4.69, 9.17) is 64.8 Å². The van der Waals surface area contributed by atoms with Gasteiger partial charge in [0.2, 0.25) is 17.6 Å². The molecular formula is C60H88N18O19. The average molecular weight is 1370 g/mol. The summed E-state index contributed by atoms with van der Waals surface area (Å²) in [6.07, 6.45) is 4.60. The average Bonchev–Trinajstić information content (AvgIpc) is 1.10. The van der Waals surface area contributed by atoms with Crippen LogP contribution in [0.15, 0.2) is 44.7 Å². The highest BCUT2D eigenvalue weighted by atomic mass is 16.6. The van der Waals surface area contributed by atoms with Crippen LogP contribution in [-0.2, 0) is 97.1 Å². The predicted octanol–water partition coefficient (Wildman–Crippen LogP) is 8.01. The normalized spacial score (nSPS) is 12.4. The van der Waals surface area contributed by atoms with Gasteiger partial charge in [0.05, 0.1) is 19.6 Å². The number of carbonyl (C=O) groups excluding carboxylic acids is 10. The first-order valence-corrected chi connectivity index (χ1v) is 31.7. The molecule has 2 aromatic rings. The number of amides is 2. The number of aromatic nitrogens is 4. The molecule has 0 atom stereocenters. The molecule has 37 nitrogen and oxygen atoms in total. The van der Waals surface area contributed by atoms with Gasteiger partial charge in [0.15, 0.2) is 5.82 Å². The molecule has 2 amide bonds. The Morgan fingerprint density at radius 1 is 0.402 bits per heavy atom. The molecule has 0 saturated carbocycles. The second-order valence-electron chi connectivity index (χ2n) is 22.9. The smallest absolute Gasteiger partial charge is 0.318 e. The van der Waals surface area contributed by atoms with Crippen LogP contribution in [0.1, 0.15) is 154 Å². The molecule has 97 heavy (non-hydrogen) atoms. The number of hydrogen-bond acceptors (Lipinski definition) is 27. The van der Waals surface area contributed by atoms with Crippen LogP contribution < -0.4 is 10.6 Å². The zero-order valence-electron chi connectivity index (χ0n) is 55.5. The van der Waals surface area contributed by atoms with Crippen LogP contribution in [0.25, 0.3) is 53.2 Å². The Balaban J connectivity index is 2.19. The zero-order chi connectivity index (χ0) is 71.4. The minimum Gasteiger partial charge on any atom is -0.464 e. The minimum atomic E-state index is -2.13. The molecule has 0 radical (unpaired) electrons. The van der Waals surface area contributed by atoms with E-state index in [-0.39, 0.29) is 103 Å². The Bertz CT molecular complexity index is 2820. The van der Waals surface area contributed by atoms with Crippen molar-refractivity contribution in [1.29, 1.82) is 0 Å². The molecule has 0 aliphatic heterocycles. The van der Waals surface area contributed by atoms with E-state index in [2.05, 4.69) is 71.1 Å². The third-order valence-electron chi connectivity index (χ3n) is 14.0. The predicted molar refractivity (Wildman–Crippen MR) is 339 cm³/mol. The summed E-state index contributed by atoms with van der Waals surface area (Å²) < 4.78 is 49.4. The highest BCUT2D eigenvalue weighted by Gasteiger charge is 2.46. The standard InChI is InChI=1S/C60H88N18O19/c1-44-71-73-54(74-72-44)46-23-21-45(22-24-46)37-66-48(80)27-34-89-33-26-47(79)65-32-25-53(85)90-35-36-91-55(86)60(4,42-96-56(87)58(2,38-92-49(81)17-9-5-13-28-67-75-61)39-93-50(82)18-10-6-14-29-68-76-62)43-97-57(88)59(3,40-94-51(83)19-11-7-15-30-69-77-63)41-95-52(84)20-12-8-16-31-70-78-64/h21-24H,5-20,25-43H2,1-4H3,(H,65,79)(H,66,80). The Labute approximate surface area is 560 Å². The topological polar surface area (TPSA) is 524 Å². The molecular weight excluding hydrogens is 1280 g/mol. The van der Waals surface area contributed by atoms with E-state index in [0.29, 0.717) is 94.3 Å². The molecule has 0 aliphatic rings. The van der Waals surface area contributed by atoms with Crippen molar-refractivity contribution in [2.24, 2.45) is 36.7 Å². The first-order valence-electron chi connectivity index (χ1n) is 31.7. The molecule has 2 rings (SSSR count). The fourth-order valence-corrected chi connectivity index (χ4v) is 8.03. The number of aryl methyl sites for hydroxylation is 1. The summed E-state index contributed by atoms with van der Waals surface area (Å²) in [7, 11) is 0. The number of benzene rings is 1. The lowest BCUT2D eigenvalue weighted by atomic mass is 9.90. The summed E-state index contributed by atoms with van der Waals surface area (Å²) in [5, 5.41) is 35.0. The first kappa shape index (κ1) is 83.2. The largest absolute Gasteiger partial charge is 0.464 e. The second-order valence-corrected chi connectivity index (χ2v) is 22.9. The number of unbranched alkanes of at least 4 members (excludes halogenated alkanes) is 8. The molecule has 2 N–H and O–H groups in total. The Morgan fingerprint density at radius 2 is 0.742 bits per heavy atom. The number of esters is 8. The Kier molecular flexibility index (Phi) is 42.5. The molecule has 1 aromatic heterocycles. The van der Waals surface area contributed by atoms with Crippen molar-refractivity contribution in [2.75, 3.05) is 98.8 Å². The molecule has 0 unspecified atom stereocenters. The van der Waals surface area contributed by atoms with Crippen molar-refractivity contribution in [3.63, 3.8) is 0 Å². The fraction of sp³-hybridized carbons (Fsp3) is 0.700. The van der Waals surface area contributed by atoms with E-state index in [1.807, 2.05) is 12.1 Å². The summed E-state index contributed by atoms with van der Waals surface area (Å²) in [6, 6.07) is 7.18. The number of hydrogen-bond donors (Lipinski definition) is 2. The highest BCUT2D eigenvalue weighted by molar-refractivity contribution is 5.82. The molecule has 0 bridgehead atoms. The van der Waals surface area contributed by atoms with Crippen LogP contribution in [0.3, 0.4) is 0 Å². The van der Waals surface area contributed by atoms with Gasteiger partial charge in [-0.1, -0.05) is 70.4 Å². The summed E-state index contributed by atoms with van der Waals surface area (Å²) in [4.78, 5) is 143. The van der Waals surface area contributed by atoms with Crippen molar-refractivity contribution >= 4 is 59.6 Å². The van der Waals surface area contributed by atoms with Gasteiger partial charge in [0, 0.05) is 103 Å². The van der Waals surface area contributed by atoms with Gasteiger partial charge in [0.1, 0.15) is 69.1 Å². The molecule has 0 aliphatic carbocycles. The maximum absolute atomic E-state index is 14.2. The van der Waals surface area contributed by atoms with Crippen LogP contribution in [-0.4, -0.2) is 179 Å². The van der Waals surface area contributed by atoms with Gasteiger partial charge in [-0.2, -0.15) is 0 Å². The monoisotopic (exact) mass is 1360 g/mol. The number of carbonyl (C=O) groups is 10. The molecule has 1 heterocycles. The highest BCUT2D eigenvalue weighted by Crippen LogP contribution is 2.29. The Morgan fingerprint density at radius 3 is 1.12 bits per heavy atom. The maximum Gasteiger partial charge on any atom is 0.318 e. The molecule has 1 aromatic carbocycles. The van der Waals surface area contributed by atoms with Gasteiger partial charge < -0.3 is 53.3 Å². The fourth-order valence-electron chi connectivity index (χ4n) is 8.03. The van der Waals surface area contributed by atoms with Crippen molar-refractivity contribution in [3.05, 3.63) is 77.4 Å². The van der Waals surface area contributed by atoms with Crippen molar-refractivity contribution in [2.45, 2.75) is 156 Å². The van der Waals surface area contributed by atoms with Crippen LogP contribution in [0, 0.1) is 23.2 Å². The van der Waals surface area contributed by atoms with Gasteiger partial charge >= 0.3 is 47.8 Å². The van der Waals surface area contributed by atoms with E-state index in [1.54, 1.807) is 19.1 Å². The Hall–Kier alpha value is -9.94. The van der Waals surface area contributed by atoms with E-state index in [0.717, 1.165) is 5.56 Å². The third-order valence-corrected chi connectivity index (χ3v) is 14.0. The summed E-state index contributed by atoms with van der Waals surface area (Å²) in [6.45, 7) is 0.688. The van der Waals surface area contributed by atoms with E-state index in [1.165, 1.54) is 20.8 Å². The molecule has 0 fully saturated rings. The summed E-state index contributed by atoms with van der Waals surface area (Å²) in [5.74, 6) is -7.14. The first-order chi connectivity index (χ1) is 46.6. The lowest BCUT2D eigenvalue weighted by Crippen LogP contribution is -2.47. The maximum atomic E-state index is 14.2. The van der Waals surface area contributed by atoms with Gasteiger partial charge in [0.25, 0.3) is 0 Å². The quantitative estimate of drug-likeness (QED) is 0.0158. The van der Waals surface area contributed by atoms with Crippen LogP contribution in [0.2, 0.25) is 0 Å². The SMILES string of the molecule is Cc1nnc(-c2ccc(CNC(=O)CCOCCC(=O)NCCC(=O)OCCOC(=O)C(C)(COC(=O)C(C)(COC(=O)CCCCCN=[N+]=[N-])COC(=O)CCCCCN=[N+]=[N-])COC(=O)C(C)(COC(=O)CCCCCN=[N+]=[N-])COC(=O)CCCCCN=[N+]=[N-])cc2)nn1. The number of nitrogens with zero attached hydrogens (tertiary/aromatic N) is 16. The lowest BCUT2D eigenvalue weighted by molar-refractivity contribution is -0.183. The van der Waals surface area contributed by atoms with Crippen molar-refractivity contribution in [3.8, 4) is 11.4 Å². The number of azide groups is 4. The van der Waals surface area contributed by atoms with E-state index >= 15 is 0 Å². The van der Waals surface area contributed by atoms with Crippen LogP contribution in [0.5, 0.6) is 0 Å². The molecule has 37 heteroatoms. The zero-order valence-corrected chi connectivity index (χ0v) is 55.5. The van der Waals surface area contributed by atoms with Crippen LogP contribution >= 0.6 is 0 Å². The van der Waals surface area contributed by atoms with Gasteiger partial charge in [-0.15, -0.1) is 20.4 Å². The molecule has 0 saturated heterocycles. The van der Waals surface area contributed by atoms with Gasteiger partial charge in [-0.25, -0.2) is 0 Å². The third kappa shape index (κ3) is 38.3. The summed E-state index contributed by atoms with van der Waals surface area (Å²) in [5.41, 5.74) is 29.8. The van der Waals surface area contributed by atoms with E-state index in [9.17, 15) is 47.9 Å². The van der Waals surface area contributed by atoms with Gasteiger partial charge in [-0.05, 0) is 107 Å². The molecule has 532 valence electrons. The summed E-state index contributed by atoms with van der Waals surface area (Å²) >= 11 is 0. The number of rotatable bonds is 54. The minimum absolute atomic E-state index is 0.0194. The molecule has 0 spiro atoms. The number of ether oxygens (including phenoxy) is 9. The van der Waals surface area contributed by atoms with Crippen molar-refractivity contribution in [1.82, 2.24) is 31.0 Å². The van der Waals surface area contributed by atoms with Crippen molar-refractivity contribution < 1.29 is 90.6 Å².